The summed E-state index contributed by atoms with van der Waals surface area (Å²) < 4.78 is 0. The van der Waals surface area contributed by atoms with Crippen molar-refractivity contribution in [1.29, 1.82) is 0 Å². The zero-order chi connectivity index (χ0) is 15.2. The van der Waals surface area contributed by atoms with Crippen molar-refractivity contribution < 1.29 is 24.4 Å². The van der Waals surface area contributed by atoms with Gasteiger partial charge in [0.05, 0.1) is 5.71 Å². The van der Waals surface area contributed by atoms with Gasteiger partial charge in [0.15, 0.2) is 0 Å². The summed E-state index contributed by atoms with van der Waals surface area (Å²) in [7, 11) is 5.16. The molecule has 108 valence electrons. The van der Waals surface area contributed by atoms with Gasteiger partial charge in [-0.3, -0.25) is 19.3 Å². The lowest BCUT2D eigenvalue weighted by Gasteiger charge is -2.32. The van der Waals surface area contributed by atoms with Gasteiger partial charge in [0, 0.05) is 21.1 Å². The first-order chi connectivity index (χ1) is 8.79. The molecule has 0 spiro atoms. The molecule has 19 heavy (non-hydrogen) atoms. The third-order valence-electron chi connectivity index (χ3n) is 2.46. The number of amides is 3. The van der Waals surface area contributed by atoms with Gasteiger partial charge >= 0.3 is 0 Å². The molecule has 0 aliphatic carbocycles. The van der Waals surface area contributed by atoms with Gasteiger partial charge in [-0.25, -0.2) is 0 Å². The second-order valence-electron chi connectivity index (χ2n) is 3.94. The molecular weight excluding hydrogens is 256 g/mol. The van der Waals surface area contributed by atoms with Crippen LogP contribution in [-0.4, -0.2) is 72.7 Å². The summed E-state index contributed by atoms with van der Waals surface area (Å²) in [5, 5.41) is 12.8. The Bertz CT molecular complexity index is 395. The minimum Gasteiger partial charge on any atom is -0.399 e. The maximum Gasteiger partial charge on any atom is 0.267 e. The summed E-state index contributed by atoms with van der Waals surface area (Å²) in [4.78, 5) is 41.3. The maximum absolute atomic E-state index is 12.2. The Morgan fingerprint density at radius 1 is 1.32 bits per heavy atom. The zero-order valence-corrected chi connectivity index (χ0v) is 11.5. The van der Waals surface area contributed by atoms with Gasteiger partial charge in [-0.05, 0) is 6.92 Å². The number of carbonyl (C=O) groups is 3. The number of nitrogens with one attached hydrogen (secondary N) is 1. The molecule has 3 amide bonds. The Morgan fingerprint density at radius 2 is 1.84 bits per heavy atom. The topological polar surface area (TPSA) is 112 Å². The van der Waals surface area contributed by atoms with Crippen LogP contribution < -0.4 is 5.48 Å². The lowest BCUT2D eigenvalue weighted by molar-refractivity contribution is -0.151. The summed E-state index contributed by atoms with van der Waals surface area (Å²) in [6.45, 7) is 1.31. The first-order valence-electron chi connectivity index (χ1n) is 5.23. The highest BCUT2D eigenvalue weighted by Gasteiger charge is 2.52. The number of oxime groups is 1. The molecule has 0 radical (unpaired) electrons. The Morgan fingerprint density at radius 3 is 2.16 bits per heavy atom. The van der Waals surface area contributed by atoms with Gasteiger partial charge in [-0.2, -0.15) is 5.48 Å². The van der Waals surface area contributed by atoms with E-state index in [4.69, 9.17) is 0 Å². The molecule has 1 atom stereocenters. The zero-order valence-electron chi connectivity index (χ0n) is 11.5. The van der Waals surface area contributed by atoms with Crippen molar-refractivity contribution >= 4 is 23.9 Å². The number of carbonyl (C=O) groups excluding carboxylic acids is 3. The molecule has 1 unspecified atom stereocenters. The van der Waals surface area contributed by atoms with E-state index >= 15 is 0 Å². The fraction of sp³-hybridized carbons (Fsp3) is 0.600. The Labute approximate surface area is 110 Å². The van der Waals surface area contributed by atoms with Crippen molar-refractivity contribution in [1.82, 2.24) is 15.3 Å². The molecule has 0 bridgehead atoms. The molecule has 0 aliphatic rings. The van der Waals surface area contributed by atoms with E-state index in [1.54, 1.807) is 5.48 Å². The van der Waals surface area contributed by atoms with Crippen LogP contribution in [-0.2, 0) is 19.2 Å². The highest BCUT2D eigenvalue weighted by molar-refractivity contribution is 6.29. The van der Waals surface area contributed by atoms with Gasteiger partial charge in [0.25, 0.3) is 11.8 Å². The minimum absolute atomic E-state index is 0.144. The van der Waals surface area contributed by atoms with E-state index in [1.807, 2.05) is 0 Å². The smallest absolute Gasteiger partial charge is 0.267 e. The number of nitrogens with zero attached hydrogens (tertiary/aromatic N) is 3. The molecule has 0 saturated carbocycles. The number of hydrogen-bond donors (Lipinski definition) is 2. The molecular formula is C10H18N4O5. The first kappa shape index (κ1) is 17.0. The SMILES string of the molecule is CO/N=C(\C)C(NO)(C(=O)N(C)C)C(=O)N(C)C=O. The lowest BCUT2D eigenvalue weighted by atomic mass is 9.91. The highest BCUT2D eigenvalue weighted by atomic mass is 16.6. The third kappa shape index (κ3) is 3.06. The van der Waals surface area contributed by atoms with Crippen molar-refractivity contribution in [2.75, 3.05) is 28.3 Å². The average molecular weight is 274 g/mol. The number of hydroxylamine groups is 1. The summed E-state index contributed by atoms with van der Waals surface area (Å²) in [5.41, 5.74) is -0.713. The van der Waals surface area contributed by atoms with E-state index in [0.29, 0.717) is 4.90 Å². The standard InChI is InChI=1S/C10H18N4O5/c1-7(11-19-5)10(12-18,8(16)13(2)3)9(17)14(4)6-15/h6,12,18H,1-5H3/b11-7+. The van der Waals surface area contributed by atoms with Crippen molar-refractivity contribution in [3.8, 4) is 0 Å². The molecule has 2 N–H and O–H groups in total. The Balaban J connectivity index is 5.96. The Kier molecular flexibility index (Phi) is 6.09. The molecule has 0 aromatic carbocycles. The van der Waals surface area contributed by atoms with E-state index < -0.39 is 17.4 Å². The van der Waals surface area contributed by atoms with Crippen LogP contribution in [0.25, 0.3) is 0 Å². The largest absolute Gasteiger partial charge is 0.399 e. The van der Waals surface area contributed by atoms with Crippen molar-refractivity contribution in [2.24, 2.45) is 5.16 Å². The summed E-state index contributed by atoms with van der Waals surface area (Å²) in [5.74, 6) is -1.78. The highest BCUT2D eigenvalue weighted by Crippen LogP contribution is 2.14. The van der Waals surface area contributed by atoms with Gasteiger partial charge in [-0.15, -0.1) is 0 Å². The first-order valence-corrected chi connectivity index (χ1v) is 5.23. The van der Waals surface area contributed by atoms with Gasteiger partial charge < -0.3 is 14.9 Å². The molecule has 9 nitrogen and oxygen atoms in total. The Hall–Kier alpha value is -2.00. The van der Waals surface area contributed by atoms with Crippen LogP contribution in [0.4, 0.5) is 0 Å². The van der Waals surface area contributed by atoms with Crippen LogP contribution in [0.15, 0.2) is 5.16 Å². The quantitative estimate of drug-likeness (QED) is 0.262. The van der Waals surface area contributed by atoms with Crippen molar-refractivity contribution in [3.05, 3.63) is 0 Å². The number of imide groups is 1. The minimum atomic E-state index is -2.21. The molecule has 0 saturated heterocycles. The third-order valence-corrected chi connectivity index (χ3v) is 2.46. The van der Waals surface area contributed by atoms with Gasteiger partial charge in [0.2, 0.25) is 11.9 Å². The van der Waals surface area contributed by atoms with E-state index in [9.17, 15) is 19.6 Å². The van der Waals surface area contributed by atoms with Crippen LogP contribution in [0, 0.1) is 0 Å². The van der Waals surface area contributed by atoms with E-state index in [2.05, 4.69) is 9.99 Å². The summed E-state index contributed by atoms with van der Waals surface area (Å²) in [6.07, 6.45) is 0.220. The molecule has 0 aromatic rings. The summed E-state index contributed by atoms with van der Waals surface area (Å²) in [6, 6.07) is 0. The molecule has 0 aromatic heterocycles. The predicted octanol–water partition coefficient (Wildman–Crippen LogP) is -1.57. The number of rotatable bonds is 6. The van der Waals surface area contributed by atoms with Crippen molar-refractivity contribution in [3.63, 3.8) is 0 Å². The van der Waals surface area contributed by atoms with E-state index in [-0.39, 0.29) is 12.1 Å². The average Bonchev–Trinajstić information content (AvgIpc) is 2.38. The maximum atomic E-state index is 12.2. The second-order valence-corrected chi connectivity index (χ2v) is 3.94. The van der Waals surface area contributed by atoms with Gasteiger partial charge in [0.1, 0.15) is 7.11 Å². The van der Waals surface area contributed by atoms with Crippen LogP contribution >= 0.6 is 0 Å². The van der Waals surface area contributed by atoms with E-state index in [0.717, 1.165) is 11.9 Å². The monoisotopic (exact) mass is 274 g/mol. The van der Waals surface area contributed by atoms with Crippen LogP contribution in [0.3, 0.4) is 0 Å². The van der Waals surface area contributed by atoms with E-state index in [1.165, 1.54) is 28.1 Å². The molecule has 0 fully saturated rings. The second kappa shape index (κ2) is 6.81. The molecule has 0 aliphatic heterocycles. The van der Waals surface area contributed by atoms with Crippen molar-refractivity contribution in [2.45, 2.75) is 12.5 Å². The number of likely N-dealkylation sites (N-methyl/N-ethyl adjacent to an activating group) is 2. The normalized spacial score (nSPS) is 14.3. The molecule has 0 rings (SSSR count). The summed E-state index contributed by atoms with van der Waals surface area (Å²) >= 11 is 0. The lowest BCUT2D eigenvalue weighted by Crippen LogP contribution is -2.68. The predicted molar refractivity (Wildman–Crippen MR) is 65.3 cm³/mol. The van der Waals surface area contributed by atoms with Crippen LogP contribution in [0.5, 0.6) is 0 Å². The molecule has 9 heteroatoms. The van der Waals surface area contributed by atoms with Crippen LogP contribution in [0.2, 0.25) is 0 Å². The fourth-order valence-electron chi connectivity index (χ4n) is 1.43. The number of hydrogen-bond acceptors (Lipinski definition) is 7. The fourth-order valence-corrected chi connectivity index (χ4v) is 1.43. The van der Waals surface area contributed by atoms with Crippen LogP contribution in [0.1, 0.15) is 6.92 Å². The van der Waals surface area contributed by atoms with Gasteiger partial charge in [-0.1, -0.05) is 5.16 Å². The molecule has 0 heterocycles.